The van der Waals surface area contributed by atoms with Gasteiger partial charge in [0, 0.05) is 43.6 Å². The average molecular weight is 388 g/mol. The molecule has 2 N–H and O–H groups in total. The quantitative estimate of drug-likeness (QED) is 0.566. The van der Waals surface area contributed by atoms with Crippen LogP contribution in [-0.4, -0.2) is 46.4 Å². The van der Waals surface area contributed by atoms with Crippen LogP contribution >= 0.6 is 11.3 Å². The molecule has 6 heteroatoms. The largest absolute Gasteiger partial charge is 0.497 e. The Morgan fingerprint density at radius 3 is 2.59 bits per heavy atom. The van der Waals surface area contributed by atoms with Crippen molar-refractivity contribution in [1.82, 2.24) is 10.6 Å². The number of nitrogens with zero attached hydrogens (tertiary/aromatic N) is 1. The van der Waals surface area contributed by atoms with E-state index < -0.39 is 0 Å². The Bertz CT molecular complexity index is 708. The van der Waals surface area contributed by atoms with E-state index in [-0.39, 0.29) is 5.41 Å². The smallest absolute Gasteiger partial charge is 0.191 e. The van der Waals surface area contributed by atoms with Gasteiger partial charge in [-0.05, 0) is 48.4 Å². The molecular formula is C21H29N3O2S. The first-order chi connectivity index (χ1) is 13.3. The number of rotatable bonds is 7. The fourth-order valence-corrected chi connectivity index (χ4v) is 4.22. The van der Waals surface area contributed by atoms with Crippen molar-refractivity contribution in [2.24, 2.45) is 4.99 Å². The summed E-state index contributed by atoms with van der Waals surface area (Å²) in [4.78, 5) is 5.78. The normalized spacial score (nSPS) is 16.7. The maximum atomic E-state index is 5.63. The molecule has 0 saturated carbocycles. The average Bonchev–Trinajstić information content (AvgIpc) is 3.25. The molecule has 0 bridgehead atoms. The highest BCUT2D eigenvalue weighted by molar-refractivity contribution is 7.09. The predicted molar refractivity (Wildman–Crippen MR) is 112 cm³/mol. The van der Waals surface area contributed by atoms with Gasteiger partial charge in [0.05, 0.1) is 7.11 Å². The lowest BCUT2D eigenvalue weighted by Crippen LogP contribution is -2.48. The minimum absolute atomic E-state index is 0.0515. The highest BCUT2D eigenvalue weighted by Gasteiger charge is 2.34. The van der Waals surface area contributed by atoms with Gasteiger partial charge < -0.3 is 20.1 Å². The van der Waals surface area contributed by atoms with Crippen LogP contribution in [-0.2, 0) is 16.6 Å². The first-order valence-corrected chi connectivity index (χ1v) is 10.3. The lowest BCUT2D eigenvalue weighted by Gasteiger charge is -2.38. The number of thiophene rings is 1. The van der Waals surface area contributed by atoms with E-state index in [9.17, 15) is 0 Å². The van der Waals surface area contributed by atoms with Crippen LogP contribution in [0.3, 0.4) is 0 Å². The number of hydrogen-bond donors (Lipinski definition) is 2. The molecule has 0 atom stereocenters. The second-order valence-corrected chi connectivity index (χ2v) is 7.84. The van der Waals surface area contributed by atoms with E-state index >= 15 is 0 Å². The van der Waals surface area contributed by atoms with Crippen molar-refractivity contribution in [3.8, 4) is 5.75 Å². The fraction of sp³-hybridized carbons (Fsp3) is 0.476. The Hall–Kier alpha value is -2.05. The molecule has 0 amide bonds. The van der Waals surface area contributed by atoms with Gasteiger partial charge in [-0.1, -0.05) is 18.2 Å². The van der Waals surface area contributed by atoms with Crippen molar-refractivity contribution >= 4 is 17.3 Å². The molecular weight excluding hydrogens is 358 g/mol. The molecule has 1 aliphatic heterocycles. The van der Waals surface area contributed by atoms with Crippen LogP contribution in [0.1, 0.15) is 23.3 Å². The van der Waals surface area contributed by atoms with Crippen LogP contribution in [0.25, 0.3) is 0 Å². The lowest BCUT2D eigenvalue weighted by molar-refractivity contribution is 0.0513. The van der Waals surface area contributed by atoms with E-state index in [2.05, 4.69) is 45.3 Å². The molecule has 3 rings (SSSR count). The second kappa shape index (κ2) is 9.76. The Balaban J connectivity index is 1.61. The van der Waals surface area contributed by atoms with Gasteiger partial charge in [0.15, 0.2) is 5.96 Å². The molecule has 1 saturated heterocycles. The number of ether oxygens (including phenoxy) is 2. The molecule has 146 valence electrons. The molecule has 2 heterocycles. The number of hydrogen-bond acceptors (Lipinski definition) is 4. The highest BCUT2D eigenvalue weighted by Crippen LogP contribution is 2.35. The summed E-state index contributed by atoms with van der Waals surface area (Å²) in [7, 11) is 3.52. The van der Waals surface area contributed by atoms with Gasteiger partial charge >= 0.3 is 0 Å². The zero-order valence-electron chi connectivity index (χ0n) is 16.2. The summed E-state index contributed by atoms with van der Waals surface area (Å²) >= 11 is 1.79. The van der Waals surface area contributed by atoms with E-state index in [1.807, 2.05) is 19.2 Å². The third kappa shape index (κ3) is 5.23. The number of guanidine groups is 1. The first-order valence-electron chi connectivity index (χ1n) is 9.45. The Morgan fingerprint density at radius 1 is 1.19 bits per heavy atom. The summed E-state index contributed by atoms with van der Waals surface area (Å²) in [5, 5.41) is 9.09. The van der Waals surface area contributed by atoms with Gasteiger partial charge in [-0.25, -0.2) is 0 Å². The van der Waals surface area contributed by atoms with Gasteiger partial charge in [-0.3, -0.25) is 4.99 Å². The molecule has 0 aliphatic carbocycles. The molecule has 0 unspecified atom stereocenters. The number of methoxy groups -OCH3 is 1. The maximum Gasteiger partial charge on any atom is 0.191 e. The van der Waals surface area contributed by atoms with Crippen LogP contribution < -0.4 is 15.4 Å². The van der Waals surface area contributed by atoms with E-state index in [4.69, 9.17) is 9.47 Å². The van der Waals surface area contributed by atoms with Crippen molar-refractivity contribution in [2.75, 3.05) is 40.5 Å². The minimum atomic E-state index is 0.0515. The van der Waals surface area contributed by atoms with Crippen LogP contribution in [0.2, 0.25) is 0 Å². The summed E-state index contributed by atoms with van der Waals surface area (Å²) in [6, 6.07) is 12.7. The lowest BCUT2D eigenvalue weighted by atomic mass is 9.74. The summed E-state index contributed by atoms with van der Waals surface area (Å²) in [6.07, 6.45) is 3.01. The number of benzene rings is 1. The molecule has 1 aromatic carbocycles. The zero-order valence-corrected chi connectivity index (χ0v) is 17.0. The molecule has 5 nitrogen and oxygen atoms in total. The van der Waals surface area contributed by atoms with Crippen molar-refractivity contribution < 1.29 is 9.47 Å². The van der Waals surface area contributed by atoms with Gasteiger partial charge in [0.1, 0.15) is 5.75 Å². The Kier molecular flexibility index (Phi) is 7.12. The Morgan fingerprint density at radius 2 is 1.96 bits per heavy atom. The van der Waals surface area contributed by atoms with Crippen LogP contribution in [0.5, 0.6) is 5.75 Å². The van der Waals surface area contributed by atoms with E-state index in [1.54, 1.807) is 18.4 Å². The second-order valence-electron chi connectivity index (χ2n) is 6.80. The maximum absolute atomic E-state index is 5.63. The van der Waals surface area contributed by atoms with Crippen LogP contribution in [0.15, 0.2) is 46.8 Å². The standard InChI is InChI=1S/C21H29N3O2S/c1-22-20(23-12-9-19-4-3-15-27-19)24-16-21(10-13-26-14-11-21)17-5-7-18(25-2)8-6-17/h3-8,15H,9-14,16H2,1-2H3,(H2,22,23,24). The monoisotopic (exact) mass is 387 g/mol. The molecule has 0 spiro atoms. The highest BCUT2D eigenvalue weighted by atomic mass is 32.1. The van der Waals surface area contributed by atoms with Gasteiger partial charge in [-0.15, -0.1) is 11.3 Å². The minimum Gasteiger partial charge on any atom is -0.497 e. The third-order valence-electron chi connectivity index (χ3n) is 5.21. The molecule has 1 fully saturated rings. The van der Waals surface area contributed by atoms with Crippen molar-refractivity contribution in [3.05, 3.63) is 52.2 Å². The molecule has 1 aromatic heterocycles. The predicted octanol–water partition coefficient (Wildman–Crippen LogP) is 3.21. The van der Waals surface area contributed by atoms with E-state index in [1.165, 1.54) is 10.4 Å². The van der Waals surface area contributed by atoms with Crippen LogP contribution in [0.4, 0.5) is 0 Å². The summed E-state index contributed by atoms with van der Waals surface area (Å²) in [5.74, 6) is 1.74. The van der Waals surface area contributed by atoms with Crippen LogP contribution in [0, 0.1) is 0 Å². The van der Waals surface area contributed by atoms with Crippen molar-refractivity contribution in [3.63, 3.8) is 0 Å². The van der Waals surface area contributed by atoms with Crippen molar-refractivity contribution in [2.45, 2.75) is 24.7 Å². The third-order valence-corrected chi connectivity index (χ3v) is 6.15. The van der Waals surface area contributed by atoms with Gasteiger partial charge in [0.25, 0.3) is 0 Å². The van der Waals surface area contributed by atoms with Crippen molar-refractivity contribution in [1.29, 1.82) is 0 Å². The number of aliphatic imine (C=N–C) groups is 1. The summed E-state index contributed by atoms with van der Waals surface area (Å²) in [6.45, 7) is 3.29. The van der Waals surface area contributed by atoms with Gasteiger partial charge in [-0.2, -0.15) is 0 Å². The first kappa shape index (κ1) is 19.7. The van der Waals surface area contributed by atoms with E-state index in [0.717, 1.165) is 57.3 Å². The molecule has 27 heavy (non-hydrogen) atoms. The molecule has 2 aromatic rings. The Labute approximate surface area is 165 Å². The summed E-state index contributed by atoms with van der Waals surface area (Å²) in [5.41, 5.74) is 1.38. The van der Waals surface area contributed by atoms with E-state index in [0.29, 0.717) is 0 Å². The molecule has 0 radical (unpaired) electrons. The zero-order chi connectivity index (χ0) is 19.0. The molecule has 1 aliphatic rings. The van der Waals surface area contributed by atoms with Gasteiger partial charge in [0.2, 0.25) is 0 Å². The fourth-order valence-electron chi connectivity index (χ4n) is 3.51. The SMILES string of the molecule is CN=C(NCCc1cccs1)NCC1(c2ccc(OC)cc2)CCOCC1. The summed E-state index contributed by atoms with van der Waals surface area (Å²) < 4.78 is 10.9. The topological polar surface area (TPSA) is 54.9 Å². The number of nitrogens with one attached hydrogen (secondary N) is 2.